The third-order valence-electron chi connectivity index (χ3n) is 3.35. The highest BCUT2D eigenvalue weighted by molar-refractivity contribution is 6.11. The fourth-order valence-corrected chi connectivity index (χ4v) is 2.42. The van der Waals surface area contributed by atoms with Crippen LogP contribution in [0.2, 0.25) is 0 Å². The minimum absolute atomic E-state index is 0.178. The summed E-state index contributed by atoms with van der Waals surface area (Å²) in [5.74, 6) is -0.246. The molecule has 1 heterocycles. The quantitative estimate of drug-likeness (QED) is 0.860. The van der Waals surface area contributed by atoms with Crippen LogP contribution in [0.3, 0.4) is 0 Å². The van der Waals surface area contributed by atoms with Crippen LogP contribution in [0.5, 0.6) is 0 Å². The van der Waals surface area contributed by atoms with Gasteiger partial charge in [-0.25, -0.2) is 0 Å². The lowest BCUT2D eigenvalue weighted by Gasteiger charge is -2.23. The summed E-state index contributed by atoms with van der Waals surface area (Å²) in [6, 6.07) is 14.0. The van der Waals surface area contributed by atoms with Crippen LogP contribution < -0.4 is 4.90 Å². The monoisotopic (exact) mass is 255 g/mol. The molecule has 1 amide bonds. The molecule has 2 aromatic carbocycles. The van der Waals surface area contributed by atoms with Gasteiger partial charge in [-0.2, -0.15) is 0 Å². The summed E-state index contributed by atoms with van der Waals surface area (Å²) < 4.78 is 0. The Kier molecular flexibility index (Phi) is 2.81. The molecule has 0 bridgehead atoms. The molecule has 0 aromatic heterocycles. The van der Waals surface area contributed by atoms with Gasteiger partial charge in [-0.15, -0.1) is 0 Å². The first-order valence-electron chi connectivity index (χ1n) is 6.03. The number of rotatable bonds is 2. The minimum Gasteiger partial charge on any atom is -0.392 e. The first-order chi connectivity index (χ1) is 9.24. The third kappa shape index (κ3) is 1.73. The SMILES string of the molecule is O=C1c2ccccc2C(O)N1c1ccccc1CO. The maximum Gasteiger partial charge on any atom is 0.261 e. The predicted octanol–water partition coefficient (Wildman–Crippen LogP) is 1.83. The molecular weight excluding hydrogens is 242 g/mol. The van der Waals surface area contributed by atoms with E-state index in [-0.39, 0.29) is 12.5 Å². The van der Waals surface area contributed by atoms with Gasteiger partial charge in [-0.3, -0.25) is 9.69 Å². The molecule has 0 saturated carbocycles. The van der Waals surface area contributed by atoms with Gasteiger partial charge in [0.1, 0.15) is 0 Å². The summed E-state index contributed by atoms with van der Waals surface area (Å²) in [4.78, 5) is 13.7. The summed E-state index contributed by atoms with van der Waals surface area (Å²) in [7, 11) is 0. The Labute approximate surface area is 110 Å². The Morgan fingerprint density at radius 1 is 1.05 bits per heavy atom. The highest BCUT2D eigenvalue weighted by atomic mass is 16.3. The number of hydrogen-bond acceptors (Lipinski definition) is 3. The summed E-state index contributed by atoms with van der Waals surface area (Å²) in [6.45, 7) is -0.178. The lowest BCUT2D eigenvalue weighted by molar-refractivity contribution is 0.0934. The molecule has 1 unspecified atom stereocenters. The average molecular weight is 255 g/mol. The Bertz CT molecular complexity index is 639. The van der Waals surface area contributed by atoms with E-state index in [2.05, 4.69) is 0 Å². The van der Waals surface area contributed by atoms with Crippen molar-refractivity contribution >= 4 is 11.6 Å². The number of hydrogen-bond donors (Lipinski definition) is 2. The number of aliphatic hydroxyl groups excluding tert-OH is 2. The molecule has 96 valence electrons. The van der Waals surface area contributed by atoms with Crippen LogP contribution in [0, 0.1) is 0 Å². The number of para-hydroxylation sites is 1. The van der Waals surface area contributed by atoms with Gasteiger partial charge in [0.25, 0.3) is 5.91 Å². The van der Waals surface area contributed by atoms with Crippen molar-refractivity contribution in [3.63, 3.8) is 0 Å². The molecule has 3 rings (SSSR count). The minimum atomic E-state index is -1.00. The molecule has 1 aliphatic heterocycles. The fraction of sp³-hybridized carbons (Fsp3) is 0.133. The molecule has 0 radical (unpaired) electrons. The van der Waals surface area contributed by atoms with Crippen LogP contribution in [0.25, 0.3) is 0 Å². The molecule has 1 atom stereocenters. The first-order valence-corrected chi connectivity index (χ1v) is 6.03. The van der Waals surface area contributed by atoms with E-state index in [4.69, 9.17) is 0 Å². The topological polar surface area (TPSA) is 60.8 Å². The van der Waals surface area contributed by atoms with Gasteiger partial charge in [-0.1, -0.05) is 36.4 Å². The smallest absolute Gasteiger partial charge is 0.261 e. The number of carbonyl (C=O) groups is 1. The van der Waals surface area contributed by atoms with Crippen LogP contribution in [0.15, 0.2) is 48.5 Å². The van der Waals surface area contributed by atoms with Crippen LogP contribution in [-0.2, 0) is 6.61 Å². The largest absolute Gasteiger partial charge is 0.392 e. The van der Waals surface area contributed by atoms with Gasteiger partial charge < -0.3 is 10.2 Å². The number of fused-ring (bicyclic) bond motifs is 1. The Morgan fingerprint density at radius 3 is 2.47 bits per heavy atom. The lowest BCUT2D eigenvalue weighted by Crippen LogP contribution is -2.28. The lowest BCUT2D eigenvalue weighted by atomic mass is 10.1. The van der Waals surface area contributed by atoms with Gasteiger partial charge in [0.15, 0.2) is 6.23 Å². The molecule has 19 heavy (non-hydrogen) atoms. The first kappa shape index (κ1) is 11.9. The second kappa shape index (κ2) is 4.50. The third-order valence-corrected chi connectivity index (χ3v) is 3.35. The zero-order valence-electron chi connectivity index (χ0n) is 10.2. The van der Waals surface area contributed by atoms with E-state index in [0.29, 0.717) is 22.4 Å². The van der Waals surface area contributed by atoms with Crippen molar-refractivity contribution in [1.29, 1.82) is 0 Å². The second-order valence-corrected chi connectivity index (χ2v) is 4.42. The highest BCUT2D eigenvalue weighted by Gasteiger charge is 2.36. The van der Waals surface area contributed by atoms with Crippen molar-refractivity contribution in [1.82, 2.24) is 0 Å². The Balaban J connectivity index is 2.11. The summed E-state index contributed by atoms with van der Waals surface area (Å²) >= 11 is 0. The van der Waals surface area contributed by atoms with Crippen LogP contribution in [-0.4, -0.2) is 16.1 Å². The molecule has 0 spiro atoms. The second-order valence-electron chi connectivity index (χ2n) is 4.42. The summed E-state index contributed by atoms with van der Waals surface area (Å²) in [5.41, 5.74) is 2.25. The van der Waals surface area contributed by atoms with Crippen LogP contribution in [0.4, 0.5) is 5.69 Å². The average Bonchev–Trinajstić information content (AvgIpc) is 2.71. The molecule has 4 heteroatoms. The fourth-order valence-electron chi connectivity index (χ4n) is 2.42. The van der Waals surface area contributed by atoms with Gasteiger partial charge in [0.05, 0.1) is 12.3 Å². The molecule has 0 saturated heterocycles. The summed E-state index contributed by atoms with van der Waals surface area (Å²) in [5, 5.41) is 19.7. The van der Waals surface area contributed by atoms with Crippen LogP contribution in [0.1, 0.15) is 27.7 Å². The number of carbonyl (C=O) groups excluding carboxylic acids is 1. The Hall–Kier alpha value is -2.17. The van der Waals surface area contributed by atoms with E-state index in [9.17, 15) is 15.0 Å². The van der Waals surface area contributed by atoms with Crippen molar-refractivity contribution in [2.75, 3.05) is 4.90 Å². The van der Waals surface area contributed by atoms with E-state index in [1.807, 2.05) is 0 Å². The van der Waals surface area contributed by atoms with Gasteiger partial charge in [0.2, 0.25) is 0 Å². The number of aliphatic hydroxyl groups is 2. The number of amides is 1. The molecular formula is C15H13NO3. The van der Waals surface area contributed by atoms with E-state index >= 15 is 0 Å². The van der Waals surface area contributed by atoms with Gasteiger partial charge in [0, 0.05) is 16.7 Å². The number of anilines is 1. The maximum atomic E-state index is 12.4. The van der Waals surface area contributed by atoms with Crippen molar-refractivity contribution in [2.45, 2.75) is 12.8 Å². The zero-order chi connectivity index (χ0) is 13.4. The molecule has 0 fully saturated rings. The normalized spacial score (nSPS) is 17.7. The van der Waals surface area contributed by atoms with Crippen molar-refractivity contribution in [3.8, 4) is 0 Å². The van der Waals surface area contributed by atoms with E-state index in [1.54, 1.807) is 48.5 Å². The van der Waals surface area contributed by atoms with Gasteiger partial charge in [-0.05, 0) is 12.1 Å². The van der Waals surface area contributed by atoms with E-state index < -0.39 is 6.23 Å². The van der Waals surface area contributed by atoms with E-state index in [0.717, 1.165) is 0 Å². The van der Waals surface area contributed by atoms with Crippen molar-refractivity contribution in [2.24, 2.45) is 0 Å². The maximum absolute atomic E-state index is 12.4. The zero-order valence-corrected chi connectivity index (χ0v) is 10.2. The predicted molar refractivity (Wildman–Crippen MR) is 70.6 cm³/mol. The molecule has 1 aliphatic rings. The molecule has 4 nitrogen and oxygen atoms in total. The summed E-state index contributed by atoms with van der Waals surface area (Å²) in [6.07, 6.45) is -1.00. The molecule has 2 N–H and O–H groups in total. The van der Waals surface area contributed by atoms with E-state index in [1.165, 1.54) is 4.90 Å². The van der Waals surface area contributed by atoms with Crippen molar-refractivity contribution < 1.29 is 15.0 Å². The van der Waals surface area contributed by atoms with Gasteiger partial charge >= 0.3 is 0 Å². The number of nitrogens with zero attached hydrogens (tertiary/aromatic N) is 1. The molecule has 0 aliphatic carbocycles. The highest BCUT2D eigenvalue weighted by Crippen LogP contribution is 2.37. The standard InChI is InChI=1S/C15H13NO3/c17-9-10-5-1-4-8-13(10)16-14(18)11-6-2-3-7-12(11)15(16)19/h1-8,14,17-18H,9H2. The Morgan fingerprint density at radius 2 is 1.74 bits per heavy atom. The number of benzene rings is 2. The molecule has 2 aromatic rings. The van der Waals surface area contributed by atoms with Crippen molar-refractivity contribution in [3.05, 3.63) is 65.2 Å². The van der Waals surface area contributed by atoms with Crippen LogP contribution >= 0.6 is 0 Å².